The molecule has 0 saturated heterocycles. The second kappa shape index (κ2) is 5.26. The molecule has 0 bridgehead atoms. The van der Waals surface area contributed by atoms with Crippen LogP contribution in [-0.2, 0) is 9.84 Å². The van der Waals surface area contributed by atoms with E-state index in [0.29, 0.717) is 16.0 Å². The van der Waals surface area contributed by atoms with Gasteiger partial charge in [0.2, 0.25) is 0 Å². The summed E-state index contributed by atoms with van der Waals surface area (Å²) in [5.74, 6) is -0.205. The van der Waals surface area contributed by atoms with E-state index >= 15 is 0 Å². The molecule has 0 aliphatic heterocycles. The number of thiophene rings is 1. The van der Waals surface area contributed by atoms with Crippen LogP contribution in [0.5, 0.6) is 0 Å². The summed E-state index contributed by atoms with van der Waals surface area (Å²) in [7, 11) is -3.30. The third-order valence-electron chi connectivity index (χ3n) is 3.37. The number of anilines is 1. The van der Waals surface area contributed by atoms with Gasteiger partial charge in [-0.25, -0.2) is 8.42 Å². The van der Waals surface area contributed by atoms with Gasteiger partial charge >= 0.3 is 0 Å². The Labute approximate surface area is 131 Å². The van der Waals surface area contributed by atoms with Crippen LogP contribution in [0.2, 0.25) is 0 Å². The van der Waals surface area contributed by atoms with E-state index in [0.717, 1.165) is 17.5 Å². The molecule has 0 atom stereocenters. The molecule has 0 saturated carbocycles. The Kier molecular flexibility index (Phi) is 3.54. The van der Waals surface area contributed by atoms with Gasteiger partial charge < -0.3 is 10.3 Å². The molecule has 3 rings (SSSR count). The topological polar surface area (TPSA) is 79.0 Å². The molecular weight excluding hydrogens is 320 g/mol. The predicted molar refractivity (Wildman–Crippen MR) is 88.4 cm³/mol. The summed E-state index contributed by atoms with van der Waals surface area (Å²) in [6, 6.07) is 8.39. The van der Waals surface area contributed by atoms with Crippen LogP contribution in [0, 0.1) is 6.92 Å². The van der Waals surface area contributed by atoms with Crippen molar-refractivity contribution >= 4 is 43.7 Å². The molecule has 0 fully saturated rings. The summed E-state index contributed by atoms with van der Waals surface area (Å²) in [4.78, 5) is 16.2. The number of amides is 1. The fourth-order valence-electron chi connectivity index (χ4n) is 2.28. The van der Waals surface area contributed by atoms with Crippen LogP contribution in [0.1, 0.15) is 15.4 Å². The van der Waals surface area contributed by atoms with Gasteiger partial charge in [-0.1, -0.05) is 6.07 Å². The first-order chi connectivity index (χ1) is 10.4. The number of hydrogen-bond donors (Lipinski definition) is 2. The summed E-state index contributed by atoms with van der Waals surface area (Å²) in [5, 5.41) is 5.38. The zero-order chi connectivity index (χ0) is 15.9. The van der Waals surface area contributed by atoms with Crippen molar-refractivity contribution in [3.8, 4) is 0 Å². The number of sulfone groups is 1. The zero-order valence-electron chi connectivity index (χ0n) is 12.0. The van der Waals surface area contributed by atoms with Crippen LogP contribution in [0.15, 0.2) is 40.6 Å². The van der Waals surface area contributed by atoms with Gasteiger partial charge in [-0.15, -0.1) is 11.3 Å². The van der Waals surface area contributed by atoms with Crippen molar-refractivity contribution in [1.82, 2.24) is 4.98 Å². The minimum Gasteiger partial charge on any atom is -0.357 e. The van der Waals surface area contributed by atoms with Crippen molar-refractivity contribution in [1.29, 1.82) is 0 Å². The van der Waals surface area contributed by atoms with E-state index in [1.807, 2.05) is 18.4 Å². The highest BCUT2D eigenvalue weighted by Crippen LogP contribution is 2.30. The molecule has 0 aliphatic carbocycles. The number of benzene rings is 1. The van der Waals surface area contributed by atoms with Crippen LogP contribution < -0.4 is 5.32 Å². The molecular formula is C15H14N2O3S2. The maximum atomic E-state index is 12.2. The van der Waals surface area contributed by atoms with Crippen molar-refractivity contribution < 1.29 is 13.2 Å². The second-order valence-electron chi connectivity index (χ2n) is 5.04. The summed E-state index contributed by atoms with van der Waals surface area (Å²) in [6.07, 6.45) is 1.16. The Morgan fingerprint density at radius 2 is 2.05 bits per heavy atom. The number of carbonyl (C=O) groups excluding carboxylic acids is 1. The Bertz CT molecular complexity index is 954. The maximum Gasteiger partial charge on any atom is 0.265 e. The summed E-state index contributed by atoms with van der Waals surface area (Å²) < 4.78 is 23.4. The lowest BCUT2D eigenvalue weighted by Gasteiger charge is -2.05. The third kappa shape index (κ3) is 2.65. The molecule has 0 unspecified atom stereocenters. The number of carbonyl (C=O) groups is 1. The van der Waals surface area contributed by atoms with Crippen LogP contribution in [0.3, 0.4) is 0 Å². The fraction of sp³-hybridized carbons (Fsp3) is 0.133. The molecule has 22 heavy (non-hydrogen) atoms. The number of nitrogens with one attached hydrogen (secondary N) is 2. The van der Waals surface area contributed by atoms with Gasteiger partial charge in [-0.3, -0.25) is 4.79 Å². The molecule has 0 aliphatic rings. The van der Waals surface area contributed by atoms with Gasteiger partial charge in [-0.05, 0) is 36.6 Å². The zero-order valence-corrected chi connectivity index (χ0v) is 13.6. The highest BCUT2D eigenvalue weighted by atomic mass is 32.2. The molecule has 114 valence electrons. The molecule has 0 spiro atoms. The Morgan fingerprint density at radius 3 is 2.68 bits per heavy atom. The number of fused-ring (bicyclic) bond motifs is 1. The first-order valence-corrected chi connectivity index (χ1v) is 9.30. The fourth-order valence-corrected chi connectivity index (χ4v) is 3.55. The molecule has 1 amide bonds. The van der Waals surface area contributed by atoms with Gasteiger partial charge in [0.15, 0.2) is 9.84 Å². The molecule has 2 heterocycles. The standard InChI is InChI=1S/C15H14N2O3S2/c1-9-14(17-15(18)13-4-3-7-21-13)11-8-10(22(2,19)20)5-6-12(11)16-9/h3-8,16H,1-2H3,(H,17,18). The second-order valence-corrected chi connectivity index (χ2v) is 8.00. The Morgan fingerprint density at radius 1 is 1.27 bits per heavy atom. The molecule has 1 aromatic carbocycles. The van der Waals surface area contributed by atoms with Crippen LogP contribution in [-0.4, -0.2) is 25.6 Å². The lowest BCUT2D eigenvalue weighted by atomic mass is 10.2. The first-order valence-electron chi connectivity index (χ1n) is 6.53. The smallest absolute Gasteiger partial charge is 0.265 e. The van der Waals surface area contributed by atoms with Crippen molar-refractivity contribution in [3.63, 3.8) is 0 Å². The van der Waals surface area contributed by atoms with E-state index in [1.165, 1.54) is 11.3 Å². The van der Waals surface area contributed by atoms with Crippen molar-refractivity contribution in [3.05, 3.63) is 46.3 Å². The predicted octanol–water partition coefficient (Wildman–Crippen LogP) is 3.19. The van der Waals surface area contributed by atoms with Crippen LogP contribution in [0.4, 0.5) is 5.69 Å². The average Bonchev–Trinajstić information content (AvgIpc) is 3.06. The molecule has 2 N–H and O–H groups in total. The largest absolute Gasteiger partial charge is 0.357 e. The van der Waals surface area contributed by atoms with E-state index in [9.17, 15) is 13.2 Å². The van der Waals surface area contributed by atoms with Gasteiger partial charge in [0, 0.05) is 22.9 Å². The van der Waals surface area contributed by atoms with Crippen molar-refractivity contribution in [2.45, 2.75) is 11.8 Å². The normalized spacial score (nSPS) is 11.7. The van der Waals surface area contributed by atoms with Gasteiger partial charge in [0.25, 0.3) is 5.91 Å². The highest BCUT2D eigenvalue weighted by molar-refractivity contribution is 7.90. The number of aromatic nitrogens is 1. The number of aromatic amines is 1. The maximum absolute atomic E-state index is 12.2. The highest BCUT2D eigenvalue weighted by Gasteiger charge is 2.16. The molecule has 3 aromatic rings. The van der Waals surface area contributed by atoms with E-state index in [1.54, 1.807) is 24.3 Å². The lowest BCUT2D eigenvalue weighted by molar-refractivity contribution is 0.103. The number of rotatable bonds is 3. The SMILES string of the molecule is Cc1[nH]c2ccc(S(C)(=O)=O)cc2c1NC(=O)c1cccs1. The minimum atomic E-state index is -3.30. The van der Waals surface area contributed by atoms with Gasteiger partial charge in [0.05, 0.1) is 15.5 Å². The summed E-state index contributed by atoms with van der Waals surface area (Å²) in [6.45, 7) is 1.84. The third-order valence-corrected chi connectivity index (χ3v) is 5.35. The van der Waals surface area contributed by atoms with Crippen molar-refractivity contribution in [2.24, 2.45) is 0 Å². The molecule has 0 radical (unpaired) electrons. The van der Waals surface area contributed by atoms with E-state index in [4.69, 9.17) is 0 Å². The summed E-state index contributed by atoms with van der Waals surface area (Å²) >= 11 is 1.35. The van der Waals surface area contributed by atoms with E-state index in [-0.39, 0.29) is 10.8 Å². The molecule has 7 heteroatoms. The quantitative estimate of drug-likeness (QED) is 0.772. The number of H-pyrrole nitrogens is 1. The van der Waals surface area contributed by atoms with Gasteiger partial charge in [0.1, 0.15) is 0 Å². The monoisotopic (exact) mass is 334 g/mol. The first kappa shape index (κ1) is 14.8. The average molecular weight is 334 g/mol. The molecule has 5 nitrogen and oxygen atoms in total. The summed E-state index contributed by atoms with van der Waals surface area (Å²) in [5.41, 5.74) is 2.18. The van der Waals surface area contributed by atoms with Crippen molar-refractivity contribution in [2.75, 3.05) is 11.6 Å². The van der Waals surface area contributed by atoms with E-state index < -0.39 is 9.84 Å². The van der Waals surface area contributed by atoms with Crippen LogP contribution >= 0.6 is 11.3 Å². The van der Waals surface area contributed by atoms with E-state index in [2.05, 4.69) is 10.3 Å². The number of aryl methyl sites for hydroxylation is 1. The minimum absolute atomic E-state index is 0.205. The molecule has 2 aromatic heterocycles. The Hall–Kier alpha value is -2.12. The number of hydrogen-bond acceptors (Lipinski definition) is 4. The van der Waals surface area contributed by atoms with Gasteiger partial charge in [-0.2, -0.15) is 0 Å². The van der Waals surface area contributed by atoms with Crippen LogP contribution in [0.25, 0.3) is 10.9 Å². The Balaban J connectivity index is 2.08. The lowest BCUT2D eigenvalue weighted by Crippen LogP contribution is -2.10.